The van der Waals surface area contributed by atoms with E-state index in [4.69, 9.17) is 10.3 Å². The highest BCUT2D eigenvalue weighted by atomic mass is 32.2. The molecule has 88 valence electrons. The summed E-state index contributed by atoms with van der Waals surface area (Å²) in [6.07, 6.45) is 6.75. The van der Waals surface area contributed by atoms with E-state index in [2.05, 4.69) is 10.1 Å². The lowest BCUT2D eigenvalue weighted by molar-refractivity contribution is 0.346. The SMILES string of the molecule is NC1(c2noc(C3CCCS3)n2)CCCC1. The Morgan fingerprint density at radius 1 is 1.31 bits per heavy atom. The first-order valence-corrected chi connectivity index (χ1v) is 7.07. The second kappa shape index (κ2) is 4.04. The number of aromatic nitrogens is 2. The first-order chi connectivity index (χ1) is 7.78. The maximum Gasteiger partial charge on any atom is 0.239 e. The number of thioether (sulfide) groups is 1. The predicted octanol–water partition coefficient (Wildman–Crippen LogP) is 2.37. The summed E-state index contributed by atoms with van der Waals surface area (Å²) in [5.41, 5.74) is 5.99. The average molecular weight is 239 g/mol. The van der Waals surface area contributed by atoms with Gasteiger partial charge < -0.3 is 10.3 Å². The van der Waals surface area contributed by atoms with Crippen LogP contribution in [0.2, 0.25) is 0 Å². The molecule has 0 amide bonds. The largest absolute Gasteiger partial charge is 0.338 e. The average Bonchev–Trinajstić information content (AvgIpc) is 2.98. The Kier molecular flexibility index (Phi) is 2.67. The summed E-state index contributed by atoms with van der Waals surface area (Å²) in [5.74, 6) is 2.72. The zero-order chi connectivity index (χ0) is 11.0. The van der Waals surface area contributed by atoms with Gasteiger partial charge in [0.1, 0.15) is 0 Å². The highest BCUT2D eigenvalue weighted by molar-refractivity contribution is 7.99. The van der Waals surface area contributed by atoms with Crippen molar-refractivity contribution in [2.24, 2.45) is 5.73 Å². The quantitative estimate of drug-likeness (QED) is 0.858. The summed E-state index contributed by atoms with van der Waals surface area (Å²) in [4.78, 5) is 4.52. The van der Waals surface area contributed by atoms with Gasteiger partial charge in [0.25, 0.3) is 0 Å². The Labute approximate surface area is 99.4 Å². The lowest BCUT2D eigenvalue weighted by Crippen LogP contribution is -2.34. The topological polar surface area (TPSA) is 64.9 Å². The first kappa shape index (κ1) is 10.6. The van der Waals surface area contributed by atoms with E-state index in [1.165, 1.54) is 25.0 Å². The van der Waals surface area contributed by atoms with Crippen molar-refractivity contribution in [2.45, 2.75) is 49.3 Å². The van der Waals surface area contributed by atoms with E-state index in [9.17, 15) is 0 Å². The van der Waals surface area contributed by atoms with Crippen molar-refractivity contribution >= 4 is 11.8 Å². The molecule has 16 heavy (non-hydrogen) atoms. The smallest absolute Gasteiger partial charge is 0.239 e. The molecule has 1 aromatic heterocycles. The number of nitrogens with zero attached hydrogens (tertiary/aromatic N) is 2. The van der Waals surface area contributed by atoms with Crippen LogP contribution in [0, 0.1) is 0 Å². The molecule has 1 aromatic rings. The molecule has 2 heterocycles. The summed E-state index contributed by atoms with van der Waals surface area (Å²) in [6, 6.07) is 0. The summed E-state index contributed by atoms with van der Waals surface area (Å²) >= 11 is 1.91. The summed E-state index contributed by atoms with van der Waals surface area (Å²) < 4.78 is 5.36. The zero-order valence-electron chi connectivity index (χ0n) is 9.32. The summed E-state index contributed by atoms with van der Waals surface area (Å²) in [6.45, 7) is 0. The van der Waals surface area contributed by atoms with Crippen molar-refractivity contribution in [3.8, 4) is 0 Å². The van der Waals surface area contributed by atoms with Gasteiger partial charge in [0.15, 0.2) is 5.82 Å². The zero-order valence-corrected chi connectivity index (χ0v) is 10.1. The maximum absolute atomic E-state index is 6.30. The second-order valence-corrected chi connectivity index (χ2v) is 6.13. The molecule has 1 aliphatic carbocycles. The van der Waals surface area contributed by atoms with Crippen molar-refractivity contribution in [3.05, 3.63) is 11.7 Å². The van der Waals surface area contributed by atoms with Crippen LogP contribution in [-0.4, -0.2) is 15.9 Å². The van der Waals surface area contributed by atoms with E-state index in [0.29, 0.717) is 5.25 Å². The lowest BCUT2D eigenvalue weighted by atomic mass is 9.99. The van der Waals surface area contributed by atoms with Crippen LogP contribution in [-0.2, 0) is 5.54 Å². The number of rotatable bonds is 2. The fourth-order valence-corrected chi connectivity index (χ4v) is 3.76. The second-order valence-electron chi connectivity index (χ2n) is 4.82. The van der Waals surface area contributed by atoms with Crippen molar-refractivity contribution in [3.63, 3.8) is 0 Å². The molecule has 2 aliphatic rings. The van der Waals surface area contributed by atoms with Gasteiger partial charge in [-0.2, -0.15) is 4.98 Å². The van der Waals surface area contributed by atoms with E-state index in [-0.39, 0.29) is 5.54 Å². The minimum absolute atomic E-state index is 0.314. The number of nitrogens with two attached hydrogens (primary N) is 1. The van der Waals surface area contributed by atoms with E-state index in [1.54, 1.807) is 0 Å². The molecule has 1 aliphatic heterocycles. The monoisotopic (exact) mass is 239 g/mol. The molecule has 1 saturated carbocycles. The Morgan fingerprint density at radius 3 is 2.81 bits per heavy atom. The van der Waals surface area contributed by atoms with Crippen molar-refractivity contribution in [2.75, 3.05) is 5.75 Å². The highest BCUT2D eigenvalue weighted by Crippen LogP contribution is 2.40. The van der Waals surface area contributed by atoms with E-state index in [1.807, 2.05) is 11.8 Å². The normalized spacial score (nSPS) is 28.7. The van der Waals surface area contributed by atoms with Gasteiger partial charge in [-0.15, -0.1) is 11.8 Å². The Bertz CT molecular complexity index is 367. The molecule has 4 nitrogen and oxygen atoms in total. The Morgan fingerprint density at radius 2 is 2.12 bits per heavy atom. The highest BCUT2D eigenvalue weighted by Gasteiger charge is 2.37. The standard InChI is InChI=1S/C11H17N3OS/c12-11(5-1-2-6-11)10-13-9(15-14-10)8-4-3-7-16-8/h8H,1-7,12H2. The number of hydrogen-bond acceptors (Lipinski definition) is 5. The van der Waals surface area contributed by atoms with Gasteiger partial charge in [-0.05, 0) is 31.4 Å². The minimum Gasteiger partial charge on any atom is -0.338 e. The fourth-order valence-electron chi connectivity index (χ4n) is 2.57. The molecule has 3 rings (SSSR count). The van der Waals surface area contributed by atoms with E-state index < -0.39 is 0 Å². The predicted molar refractivity (Wildman–Crippen MR) is 63.1 cm³/mol. The van der Waals surface area contributed by atoms with Crippen LogP contribution < -0.4 is 5.73 Å². The molecule has 1 saturated heterocycles. The Hall–Kier alpha value is -0.550. The van der Waals surface area contributed by atoms with Gasteiger partial charge >= 0.3 is 0 Å². The molecule has 5 heteroatoms. The van der Waals surface area contributed by atoms with Gasteiger partial charge in [0, 0.05) is 0 Å². The molecule has 0 radical (unpaired) electrons. The van der Waals surface area contributed by atoms with Crippen LogP contribution >= 0.6 is 11.8 Å². The summed E-state index contributed by atoms with van der Waals surface area (Å²) in [5, 5.41) is 4.50. The van der Waals surface area contributed by atoms with Crippen LogP contribution in [0.25, 0.3) is 0 Å². The third-order valence-electron chi connectivity index (χ3n) is 3.59. The van der Waals surface area contributed by atoms with Gasteiger partial charge in [-0.25, -0.2) is 0 Å². The van der Waals surface area contributed by atoms with Crippen molar-refractivity contribution in [1.29, 1.82) is 0 Å². The van der Waals surface area contributed by atoms with Gasteiger partial charge in [0.2, 0.25) is 5.89 Å². The molecular weight excluding hydrogens is 222 g/mol. The van der Waals surface area contributed by atoms with Crippen LogP contribution in [0.15, 0.2) is 4.52 Å². The van der Waals surface area contributed by atoms with E-state index >= 15 is 0 Å². The Balaban J connectivity index is 1.81. The van der Waals surface area contributed by atoms with Gasteiger partial charge in [-0.1, -0.05) is 18.0 Å². The van der Waals surface area contributed by atoms with E-state index in [0.717, 1.165) is 31.0 Å². The molecule has 2 fully saturated rings. The van der Waals surface area contributed by atoms with Crippen LogP contribution in [0.1, 0.15) is 55.5 Å². The van der Waals surface area contributed by atoms with Gasteiger partial charge in [0.05, 0.1) is 10.8 Å². The minimum atomic E-state index is -0.314. The lowest BCUT2D eigenvalue weighted by Gasteiger charge is -2.17. The molecule has 0 spiro atoms. The molecule has 2 N–H and O–H groups in total. The van der Waals surface area contributed by atoms with Crippen molar-refractivity contribution < 1.29 is 4.52 Å². The molecule has 0 aromatic carbocycles. The van der Waals surface area contributed by atoms with Crippen LogP contribution in [0.4, 0.5) is 0 Å². The van der Waals surface area contributed by atoms with Gasteiger partial charge in [-0.3, -0.25) is 0 Å². The first-order valence-electron chi connectivity index (χ1n) is 6.02. The number of hydrogen-bond donors (Lipinski definition) is 1. The van der Waals surface area contributed by atoms with Crippen molar-refractivity contribution in [1.82, 2.24) is 10.1 Å². The molecule has 0 bridgehead atoms. The third kappa shape index (κ3) is 1.76. The maximum atomic E-state index is 6.30. The van der Waals surface area contributed by atoms with Crippen LogP contribution in [0.3, 0.4) is 0 Å². The molecular formula is C11H17N3OS. The fraction of sp³-hybridized carbons (Fsp3) is 0.818. The molecule has 1 atom stereocenters. The van der Waals surface area contributed by atoms with Crippen LogP contribution in [0.5, 0.6) is 0 Å². The summed E-state index contributed by atoms with van der Waals surface area (Å²) in [7, 11) is 0. The molecule has 1 unspecified atom stereocenters. The third-order valence-corrected chi connectivity index (χ3v) is 4.95.